The number of hydrogen-bond acceptors (Lipinski definition) is 2. The number of quaternary nitrogens is 1. The van der Waals surface area contributed by atoms with Gasteiger partial charge < -0.3 is 4.42 Å². The second-order valence-corrected chi connectivity index (χ2v) is 5.69. The summed E-state index contributed by atoms with van der Waals surface area (Å²) in [6, 6.07) is 8.31. The molecule has 1 aromatic heterocycles. The van der Waals surface area contributed by atoms with Crippen molar-refractivity contribution in [1.82, 2.24) is 4.48 Å². The number of aryl methyl sites for hydroxylation is 1. The van der Waals surface area contributed by atoms with Gasteiger partial charge in [0.05, 0.1) is 19.1 Å². The average Bonchev–Trinajstić information content (AvgIpc) is 2.39. The first-order valence-corrected chi connectivity index (χ1v) is 7.36. The van der Waals surface area contributed by atoms with Gasteiger partial charge in [-0.1, -0.05) is 0 Å². The maximum Gasteiger partial charge on any atom is 0.336 e. The van der Waals surface area contributed by atoms with Gasteiger partial charge in [0.15, 0.2) is 0 Å². The van der Waals surface area contributed by atoms with Crippen LogP contribution in [0.3, 0.4) is 0 Å². The van der Waals surface area contributed by atoms with Crippen LogP contribution >= 0.6 is 0 Å². The minimum Gasteiger partial charge on any atom is -0.422 e. The second kappa shape index (κ2) is 5.41. The number of fused-ring (bicyclic) bond motifs is 1. The zero-order chi connectivity index (χ0) is 14.9. The molecule has 108 valence electrons. The summed E-state index contributed by atoms with van der Waals surface area (Å²) in [5.74, 6) is 0. The van der Waals surface area contributed by atoms with Crippen LogP contribution in [-0.2, 0) is 0 Å². The molecule has 2 rings (SSSR count). The third kappa shape index (κ3) is 2.27. The van der Waals surface area contributed by atoms with Crippen LogP contribution in [0.25, 0.3) is 11.0 Å². The molecule has 0 fully saturated rings. The van der Waals surface area contributed by atoms with Crippen molar-refractivity contribution in [1.29, 1.82) is 0 Å². The van der Waals surface area contributed by atoms with E-state index in [-0.39, 0.29) is 5.63 Å². The van der Waals surface area contributed by atoms with Crippen LogP contribution in [0.1, 0.15) is 33.3 Å². The fraction of sp³-hybridized carbons (Fsp3) is 0.471. The molecule has 0 unspecified atom stereocenters. The summed E-state index contributed by atoms with van der Waals surface area (Å²) in [5, 5.41) is 1.02. The number of rotatable bonds is 4. The van der Waals surface area contributed by atoms with Crippen molar-refractivity contribution in [2.24, 2.45) is 0 Å². The van der Waals surface area contributed by atoms with E-state index >= 15 is 0 Å². The molecule has 0 aliphatic carbocycles. The van der Waals surface area contributed by atoms with Gasteiger partial charge in [-0.05, 0) is 52.3 Å². The van der Waals surface area contributed by atoms with Gasteiger partial charge in [-0.15, -0.1) is 0 Å². The summed E-state index contributed by atoms with van der Waals surface area (Å²) in [7, 11) is 0. The van der Waals surface area contributed by atoms with Crippen molar-refractivity contribution >= 4 is 16.7 Å². The Morgan fingerprint density at radius 1 is 1.15 bits per heavy atom. The quantitative estimate of drug-likeness (QED) is 0.626. The van der Waals surface area contributed by atoms with Gasteiger partial charge in [-0.25, -0.2) is 4.79 Å². The van der Waals surface area contributed by atoms with Gasteiger partial charge in [0, 0.05) is 17.5 Å². The summed E-state index contributed by atoms with van der Waals surface area (Å²) in [5.41, 5.74) is 2.60. The van der Waals surface area contributed by atoms with Crippen LogP contribution in [0, 0.1) is 6.92 Å². The SMILES string of the molecule is CC[N+](CC)(c1ccc2c(C)cc(=O)oc2c1)C(C)C. The Morgan fingerprint density at radius 2 is 1.80 bits per heavy atom. The number of hydrogen-bond donors (Lipinski definition) is 0. The molecule has 0 radical (unpaired) electrons. The number of nitrogens with zero attached hydrogens (tertiary/aromatic N) is 1. The molecule has 3 nitrogen and oxygen atoms in total. The smallest absolute Gasteiger partial charge is 0.336 e. The highest BCUT2D eigenvalue weighted by Crippen LogP contribution is 2.30. The first kappa shape index (κ1) is 14.8. The van der Waals surface area contributed by atoms with E-state index in [4.69, 9.17) is 4.42 Å². The third-order valence-electron chi connectivity index (χ3n) is 4.57. The van der Waals surface area contributed by atoms with Crippen LogP contribution in [0.5, 0.6) is 0 Å². The lowest BCUT2D eigenvalue weighted by molar-refractivity contribution is 0.245. The van der Waals surface area contributed by atoms with Crippen molar-refractivity contribution in [3.8, 4) is 0 Å². The molecule has 0 aliphatic heterocycles. The van der Waals surface area contributed by atoms with Crippen molar-refractivity contribution in [2.45, 2.75) is 40.7 Å². The fourth-order valence-corrected chi connectivity index (χ4v) is 3.21. The molecule has 0 spiro atoms. The predicted octanol–water partition coefficient (Wildman–Crippen LogP) is 3.86. The van der Waals surface area contributed by atoms with Crippen LogP contribution in [0.2, 0.25) is 0 Å². The van der Waals surface area contributed by atoms with E-state index in [9.17, 15) is 4.79 Å². The van der Waals surface area contributed by atoms with Crippen molar-refractivity contribution in [3.63, 3.8) is 0 Å². The van der Waals surface area contributed by atoms with Gasteiger partial charge in [0.2, 0.25) is 0 Å². The van der Waals surface area contributed by atoms with Crippen LogP contribution in [-0.4, -0.2) is 19.1 Å². The Morgan fingerprint density at radius 3 is 2.35 bits per heavy atom. The first-order chi connectivity index (χ1) is 9.44. The molecular formula is C17H24NO2+. The third-order valence-corrected chi connectivity index (χ3v) is 4.57. The van der Waals surface area contributed by atoms with Gasteiger partial charge >= 0.3 is 5.63 Å². The van der Waals surface area contributed by atoms with E-state index in [1.54, 1.807) is 6.07 Å². The monoisotopic (exact) mass is 274 g/mol. The van der Waals surface area contributed by atoms with Crippen LogP contribution in [0.15, 0.2) is 33.5 Å². The molecule has 0 saturated carbocycles. The van der Waals surface area contributed by atoms with E-state index in [0.29, 0.717) is 11.6 Å². The zero-order valence-electron chi connectivity index (χ0n) is 13.1. The summed E-state index contributed by atoms with van der Waals surface area (Å²) >= 11 is 0. The molecule has 0 aliphatic rings. The maximum absolute atomic E-state index is 11.6. The first-order valence-electron chi connectivity index (χ1n) is 7.36. The van der Waals surface area contributed by atoms with Crippen LogP contribution in [0.4, 0.5) is 5.69 Å². The Kier molecular flexibility index (Phi) is 4.00. The Labute approximate surface area is 120 Å². The van der Waals surface area contributed by atoms with Gasteiger partial charge in [-0.3, -0.25) is 4.48 Å². The molecule has 0 amide bonds. The van der Waals surface area contributed by atoms with E-state index in [0.717, 1.165) is 28.5 Å². The molecule has 2 aromatic rings. The lowest BCUT2D eigenvalue weighted by Crippen LogP contribution is -2.54. The minimum atomic E-state index is -0.275. The topological polar surface area (TPSA) is 30.2 Å². The van der Waals surface area contributed by atoms with E-state index in [2.05, 4.69) is 39.8 Å². The van der Waals surface area contributed by atoms with E-state index in [1.165, 1.54) is 5.69 Å². The van der Waals surface area contributed by atoms with Gasteiger partial charge in [0.25, 0.3) is 0 Å². The second-order valence-electron chi connectivity index (χ2n) is 5.69. The standard InChI is InChI=1S/C17H24NO2/c1-6-18(7-2,12(3)4)14-8-9-15-13(5)10-17(19)20-16(15)11-14/h8-12H,6-7H2,1-5H3/q+1. The van der Waals surface area contributed by atoms with Crippen molar-refractivity contribution in [2.75, 3.05) is 13.1 Å². The Hall–Kier alpha value is -1.61. The Bertz CT molecular complexity index is 666. The van der Waals surface area contributed by atoms with E-state index in [1.807, 2.05) is 13.0 Å². The van der Waals surface area contributed by atoms with Gasteiger partial charge in [0.1, 0.15) is 11.3 Å². The average molecular weight is 274 g/mol. The molecule has 1 aromatic carbocycles. The fourth-order valence-electron chi connectivity index (χ4n) is 3.21. The summed E-state index contributed by atoms with van der Waals surface area (Å²) in [6.07, 6.45) is 0. The maximum atomic E-state index is 11.6. The Balaban J connectivity index is 2.70. The van der Waals surface area contributed by atoms with Crippen LogP contribution < -0.4 is 10.1 Å². The molecular weight excluding hydrogens is 250 g/mol. The van der Waals surface area contributed by atoms with Crippen molar-refractivity contribution < 1.29 is 4.42 Å². The molecule has 3 heteroatoms. The molecule has 0 atom stereocenters. The lowest BCUT2D eigenvalue weighted by atomic mass is 10.1. The molecule has 1 heterocycles. The highest BCUT2D eigenvalue weighted by molar-refractivity contribution is 5.83. The molecule has 0 bridgehead atoms. The predicted molar refractivity (Wildman–Crippen MR) is 85.2 cm³/mol. The largest absolute Gasteiger partial charge is 0.422 e. The normalized spacial score (nSPS) is 12.3. The number of benzene rings is 1. The van der Waals surface area contributed by atoms with E-state index < -0.39 is 0 Å². The lowest BCUT2D eigenvalue weighted by Gasteiger charge is -2.40. The van der Waals surface area contributed by atoms with Crippen molar-refractivity contribution in [3.05, 3.63) is 40.2 Å². The highest BCUT2D eigenvalue weighted by Gasteiger charge is 2.30. The molecule has 0 saturated heterocycles. The molecule has 20 heavy (non-hydrogen) atoms. The zero-order valence-corrected chi connectivity index (χ0v) is 13.1. The highest BCUT2D eigenvalue weighted by atomic mass is 16.4. The summed E-state index contributed by atoms with van der Waals surface area (Å²) in [6.45, 7) is 12.9. The van der Waals surface area contributed by atoms with Gasteiger partial charge in [-0.2, -0.15) is 0 Å². The summed E-state index contributed by atoms with van der Waals surface area (Å²) < 4.78 is 6.28. The summed E-state index contributed by atoms with van der Waals surface area (Å²) in [4.78, 5) is 11.6. The molecule has 0 N–H and O–H groups in total. The minimum absolute atomic E-state index is 0.275.